The first-order chi connectivity index (χ1) is 12.8. The molecule has 0 radical (unpaired) electrons. The molecule has 0 spiro atoms. The van der Waals surface area contributed by atoms with E-state index in [1.807, 2.05) is 0 Å². The summed E-state index contributed by atoms with van der Waals surface area (Å²) >= 11 is 0.218. The van der Waals surface area contributed by atoms with Crippen LogP contribution < -0.4 is 30.2 Å². The zero-order valence-corrected chi connectivity index (χ0v) is 20.0. The molecule has 156 valence electrons. The molecule has 2 aromatic carbocycles. The van der Waals surface area contributed by atoms with E-state index in [4.69, 9.17) is 4.42 Å². The van der Waals surface area contributed by atoms with Gasteiger partial charge in [-0.05, 0) is 12.1 Å². The van der Waals surface area contributed by atoms with Crippen molar-refractivity contribution in [1.82, 2.24) is 0 Å². The molecule has 0 unspecified atom stereocenters. The molecule has 29 heavy (non-hydrogen) atoms. The number of fused-ring (bicyclic) bond motifs is 1. The number of halogens is 2. The van der Waals surface area contributed by atoms with Gasteiger partial charge in [0.25, 0.3) is 0 Å². The van der Waals surface area contributed by atoms with E-state index in [9.17, 15) is 30.3 Å². The summed E-state index contributed by atoms with van der Waals surface area (Å²) in [5.41, 5.74) is -1.11. The molecule has 7 nitrogen and oxygen atoms in total. The molecule has 5 N–H and O–H groups in total. The van der Waals surface area contributed by atoms with Crippen LogP contribution in [0.15, 0.2) is 39.5 Å². The second-order valence-corrected chi connectivity index (χ2v) is 11.1. The van der Waals surface area contributed by atoms with Crippen LogP contribution in [0.1, 0.15) is 13.8 Å². The molecule has 0 saturated heterocycles. The second kappa shape index (κ2) is 11.9. The molecule has 0 fully saturated rings. The molecule has 1 aromatic heterocycles. The molecule has 1 heterocycles. The third-order valence-electron chi connectivity index (χ3n) is 3.66. The van der Waals surface area contributed by atoms with Crippen LogP contribution in [0, 0.1) is 0 Å². The molecular formula is C19H20Cl2O7Sn. The number of benzene rings is 2. The maximum absolute atomic E-state index is 12.2. The Morgan fingerprint density at radius 1 is 0.862 bits per heavy atom. The van der Waals surface area contributed by atoms with E-state index in [0.717, 1.165) is 18.2 Å². The van der Waals surface area contributed by atoms with Crippen LogP contribution in [0.5, 0.6) is 28.7 Å². The zero-order chi connectivity index (χ0) is 20.1. The SMILES string of the molecule is C[CH2][Sn+2][CH2]C.O=c1c(O)c(-c2ccc(O)cc2O)oc2cc(O)cc(O)c12.[Cl-].[Cl-]. The molecule has 0 aliphatic carbocycles. The molecule has 0 atom stereocenters. The fourth-order valence-corrected chi connectivity index (χ4v) is 3.85. The Labute approximate surface area is 189 Å². The van der Waals surface area contributed by atoms with Crippen molar-refractivity contribution in [2.24, 2.45) is 0 Å². The average Bonchev–Trinajstić information content (AvgIpc) is 2.59. The maximum atomic E-state index is 12.2. The fraction of sp³-hybridized carbons (Fsp3) is 0.211. The van der Waals surface area contributed by atoms with Gasteiger partial charge in [0.05, 0.1) is 5.56 Å². The van der Waals surface area contributed by atoms with Crippen LogP contribution in [-0.4, -0.2) is 46.7 Å². The van der Waals surface area contributed by atoms with Crippen LogP contribution in [0.3, 0.4) is 0 Å². The van der Waals surface area contributed by atoms with Gasteiger partial charge in [-0.2, -0.15) is 0 Å². The number of phenolic OH excluding ortho intramolecular Hbond substituents is 4. The Morgan fingerprint density at radius 2 is 1.45 bits per heavy atom. The minimum atomic E-state index is -0.916. The summed E-state index contributed by atoms with van der Waals surface area (Å²) in [6.45, 7) is 4.57. The van der Waals surface area contributed by atoms with Crippen LogP contribution in [0.25, 0.3) is 22.3 Å². The predicted molar refractivity (Wildman–Crippen MR) is 103 cm³/mol. The van der Waals surface area contributed by atoms with Gasteiger partial charge in [0, 0.05) is 18.2 Å². The third-order valence-corrected chi connectivity index (χ3v) is 6.52. The average molecular weight is 550 g/mol. The van der Waals surface area contributed by atoms with E-state index in [1.54, 1.807) is 0 Å². The first-order valence-corrected chi connectivity index (χ1v) is 12.3. The first-order valence-electron chi connectivity index (χ1n) is 8.24. The number of phenols is 4. The fourth-order valence-electron chi connectivity index (χ4n) is 2.42. The van der Waals surface area contributed by atoms with Crippen molar-refractivity contribution in [3.8, 4) is 40.1 Å². The van der Waals surface area contributed by atoms with Crippen LogP contribution in [0.4, 0.5) is 0 Å². The topological polar surface area (TPSA) is 131 Å². The van der Waals surface area contributed by atoms with Crippen molar-refractivity contribution in [2.75, 3.05) is 0 Å². The summed E-state index contributed by atoms with van der Waals surface area (Å²) in [5.74, 6) is -2.66. The molecule has 0 amide bonds. The summed E-state index contributed by atoms with van der Waals surface area (Å²) in [5, 5.41) is 47.9. The van der Waals surface area contributed by atoms with Crippen LogP contribution >= 0.6 is 0 Å². The molecule has 0 saturated carbocycles. The van der Waals surface area contributed by atoms with Crippen molar-refractivity contribution < 1.29 is 54.8 Å². The Bertz CT molecular complexity index is 1020. The quantitative estimate of drug-likeness (QED) is 0.230. The largest absolute Gasteiger partial charge is 1.00 e. The molecule has 0 aliphatic rings. The van der Waals surface area contributed by atoms with Gasteiger partial charge in [0.15, 0.2) is 5.76 Å². The minimum Gasteiger partial charge on any atom is -1.00 e. The third kappa shape index (κ3) is 6.25. The van der Waals surface area contributed by atoms with Gasteiger partial charge in [0.2, 0.25) is 11.2 Å². The second-order valence-electron chi connectivity index (χ2n) is 5.61. The molecular weight excluding hydrogens is 530 g/mol. The Kier molecular flexibility index (Phi) is 11.1. The summed E-state index contributed by atoms with van der Waals surface area (Å²) < 4.78 is 8.36. The van der Waals surface area contributed by atoms with Gasteiger partial charge < -0.3 is 54.8 Å². The van der Waals surface area contributed by atoms with E-state index in [2.05, 4.69) is 13.8 Å². The zero-order valence-electron chi connectivity index (χ0n) is 15.6. The van der Waals surface area contributed by atoms with E-state index in [-0.39, 0.29) is 79.7 Å². The van der Waals surface area contributed by atoms with Crippen molar-refractivity contribution in [3.63, 3.8) is 0 Å². The normalized spacial score (nSPS) is 9.45. The van der Waals surface area contributed by atoms with E-state index >= 15 is 0 Å². The first kappa shape index (κ1) is 27.0. The van der Waals surface area contributed by atoms with E-state index in [0.29, 0.717) is 0 Å². The predicted octanol–water partition coefficient (Wildman–Crippen LogP) is -2.44. The summed E-state index contributed by atoms with van der Waals surface area (Å²) in [6.07, 6.45) is 0. The van der Waals surface area contributed by atoms with Crippen molar-refractivity contribution in [1.29, 1.82) is 0 Å². The summed E-state index contributed by atoms with van der Waals surface area (Å²) in [7, 11) is 0. The van der Waals surface area contributed by atoms with Gasteiger partial charge >= 0.3 is 43.9 Å². The number of hydrogen-bond acceptors (Lipinski definition) is 7. The molecule has 3 aromatic rings. The van der Waals surface area contributed by atoms with Crippen LogP contribution in [-0.2, 0) is 0 Å². The smallest absolute Gasteiger partial charge is 0.238 e. The van der Waals surface area contributed by atoms with Gasteiger partial charge in [-0.1, -0.05) is 0 Å². The molecule has 3 rings (SSSR count). The molecule has 0 bridgehead atoms. The summed E-state index contributed by atoms with van der Waals surface area (Å²) in [6, 6.07) is 5.53. The number of rotatable bonds is 3. The Balaban J connectivity index is 0.00000101. The van der Waals surface area contributed by atoms with Gasteiger partial charge in [-0.15, -0.1) is 0 Å². The number of aromatic hydroxyl groups is 5. The van der Waals surface area contributed by atoms with E-state index in [1.165, 1.54) is 21.0 Å². The number of hydrogen-bond donors (Lipinski definition) is 5. The molecule has 0 aliphatic heterocycles. The van der Waals surface area contributed by atoms with Crippen molar-refractivity contribution in [3.05, 3.63) is 40.6 Å². The van der Waals surface area contributed by atoms with Gasteiger partial charge in [0.1, 0.15) is 34.0 Å². The standard InChI is InChI=1S/C15H10O7.2C2H5.2ClH.Sn/c16-6-1-2-8(9(18)3-6)15-14(21)13(20)12-10(19)4-7(17)5-11(12)22-15;2*1-2;;;/h1-5,16-19,21H;2*1H2,2H3;2*1H;/q;;;;;+2/p-2. The van der Waals surface area contributed by atoms with Gasteiger partial charge in [-0.3, -0.25) is 4.79 Å². The minimum absolute atomic E-state index is 0. The monoisotopic (exact) mass is 550 g/mol. The van der Waals surface area contributed by atoms with E-state index < -0.39 is 22.7 Å². The summed E-state index contributed by atoms with van der Waals surface area (Å²) in [4.78, 5) is 12.2. The molecule has 10 heteroatoms. The van der Waals surface area contributed by atoms with Crippen LogP contribution in [0.2, 0.25) is 8.87 Å². The van der Waals surface area contributed by atoms with Crippen molar-refractivity contribution >= 4 is 32.1 Å². The maximum Gasteiger partial charge on any atom is 0.238 e. The van der Waals surface area contributed by atoms with Gasteiger partial charge in [-0.25, -0.2) is 0 Å². The van der Waals surface area contributed by atoms with Crippen molar-refractivity contribution in [2.45, 2.75) is 22.7 Å². The Hall–Kier alpha value is -1.97. The Morgan fingerprint density at radius 3 is 1.97 bits per heavy atom.